The predicted octanol–water partition coefficient (Wildman–Crippen LogP) is 5.82. The molecule has 1 N–H and O–H groups in total. The summed E-state index contributed by atoms with van der Waals surface area (Å²) < 4.78 is 37.8. The molecule has 0 radical (unpaired) electrons. The Kier molecular flexibility index (Phi) is 6.99. The van der Waals surface area contributed by atoms with Crippen LogP contribution >= 0.6 is 23.2 Å². The van der Waals surface area contributed by atoms with Gasteiger partial charge in [-0.1, -0.05) is 47.6 Å². The lowest BCUT2D eigenvalue weighted by molar-refractivity contribution is -0.0498. The molecule has 8 nitrogen and oxygen atoms in total. The fraction of sp³-hybridized carbons (Fsp3) is 0.409. The molecule has 1 aliphatic rings. The normalized spacial score (nSPS) is 14.6. The van der Waals surface area contributed by atoms with Crippen molar-refractivity contribution in [2.24, 2.45) is 7.05 Å². The van der Waals surface area contributed by atoms with Crippen LogP contribution < -0.4 is 15.6 Å². The van der Waals surface area contributed by atoms with Crippen LogP contribution in [0, 0.1) is 6.92 Å². The Bertz CT molecular complexity index is 1280. The summed E-state index contributed by atoms with van der Waals surface area (Å²) >= 11 is 12.5. The number of rotatable bonds is 6. The highest BCUT2D eigenvalue weighted by Crippen LogP contribution is 2.37. The number of ether oxygens (including phenoxy) is 1. The monoisotopic (exact) mass is 514 g/mol. The Morgan fingerprint density at radius 2 is 1.97 bits per heavy atom. The summed E-state index contributed by atoms with van der Waals surface area (Å²) in [5, 5.41) is 6.22. The van der Waals surface area contributed by atoms with Crippen molar-refractivity contribution in [2.45, 2.75) is 51.7 Å². The zero-order valence-electron chi connectivity index (χ0n) is 18.4. The minimum atomic E-state index is -3.00. The Labute approximate surface area is 203 Å². The number of carbonyl (C=O) groups is 1. The first-order valence-corrected chi connectivity index (χ1v) is 11.4. The fourth-order valence-electron chi connectivity index (χ4n) is 4.23. The summed E-state index contributed by atoms with van der Waals surface area (Å²) in [7, 11) is 1.78. The Hall–Kier alpha value is -2.85. The van der Waals surface area contributed by atoms with E-state index >= 15 is 0 Å². The van der Waals surface area contributed by atoms with Crippen molar-refractivity contribution in [3.63, 3.8) is 0 Å². The Morgan fingerprint density at radius 1 is 1.26 bits per heavy atom. The molecule has 2 heterocycles. The highest BCUT2D eigenvalue weighted by atomic mass is 35.5. The maximum atomic E-state index is 13.1. The van der Waals surface area contributed by atoms with Gasteiger partial charge in [0.15, 0.2) is 11.5 Å². The molecule has 4 rings (SSSR count). The summed E-state index contributed by atoms with van der Waals surface area (Å²) in [5.41, 5.74) is 0.437. The van der Waals surface area contributed by atoms with Crippen LogP contribution in [0.15, 0.2) is 27.5 Å². The number of hydrogen-bond donors (Lipinski definition) is 1. The fourth-order valence-corrected chi connectivity index (χ4v) is 4.74. The third-order valence-corrected chi connectivity index (χ3v) is 6.68. The number of nitrogens with one attached hydrogen (secondary N) is 1. The van der Waals surface area contributed by atoms with Gasteiger partial charge >= 0.3 is 6.61 Å². The van der Waals surface area contributed by atoms with Crippen LogP contribution in [0.2, 0.25) is 10.0 Å². The molecule has 182 valence electrons. The maximum Gasteiger partial charge on any atom is 0.387 e. The van der Waals surface area contributed by atoms with Crippen LogP contribution in [0.25, 0.3) is 11.3 Å². The number of aromatic nitrogens is 3. The summed E-state index contributed by atoms with van der Waals surface area (Å²) in [6.45, 7) is -1.26. The van der Waals surface area contributed by atoms with Crippen LogP contribution in [0.5, 0.6) is 5.75 Å². The summed E-state index contributed by atoms with van der Waals surface area (Å²) in [4.78, 5) is 26.0. The second kappa shape index (κ2) is 9.79. The number of alkyl halides is 2. The molecule has 1 amide bonds. The second-order valence-electron chi connectivity index (χ2n) is 8.07. The van der Waals surface area contributed by atoms with E-state index in [4.69, 9.17) is 27.7 Å². The smallest absolute Gasteiger partial charge is 0.387 e. The van der Waals surface area contributed by atoms with Gasteiger partial charge in [-0.3, -0.25) is 14.3 Å². The van der Waals surface area contributed by atoms with E-state index in [0.717, 1.165) is 32.1 Å². The number of amides is 1. The number of halogens is 4. The molecule has 0 saturated heterocycles. The van der Waals surface area contributed by atoms with Crippen molar-refractivity contribution < 1.29 is 22.8 Å². The maximum absolute atomic E-state index is 13.1. The molecular formula is C22H22Cl2F2N4O4. The standard InChI is InChI=1S/C22H22Cl2F2N4O4/c1-11-17(21(32)30(29(11)2)12-6-4-3-5-7-12)27-20(31)18-16(24)19(34-28-18)14-9-8-13(10-15(14)23)33-22(25)26/h8-10,12,22H,3-7H2,1-2H3,(H,27,31). The van der Waals surface area contributed by atoms with Crippen molar-refractivity contribution in [3.05, 3.63) is 50.0 Å². The molecule has 0 bridgehead atoms. The molecule has 0 unspecified atom stereocenters. The largest absolute Gasteiger partial charge is 0.435 e. The van der Waals surface area contributed by atoms with Crippen LogP contribution in [0.1, 0.15) is 54.3 Å². The number of benzene rings is 1. The highest BCUT2D eigenvalue weighted by molar-refractivity contribution is 6.38. The molecule has 1 aliphatic carbocycles. The first-order valence-electron chi connectivity index (χ1n) is 10.7. The molecular weight excluding hydrogens is 493 g/mol. The predicted molar refractivity (Wildman–Crippen MR) is 123 cm³/mol. The molecule has 3 aromatic rings. The van der Waals surface area contributed by atoms with Crippen LogP contribution in [-0.2, 0) is 7.05 Å². The Morgan fingerprint density at radius 3 is 2.62 bits per heavy atom. The van der Waals surface area contributed by atoms with Crippen molar-refractivity contribution in [3.8, 4) is 17.1 Å². The van der Waals surface area contributed by atoms with E-state index in [1.54, 1.807) is 23.3 Å². The molecule has 34 heavy (non-hydrogen) atoms. The number of anilines is 1. The van der Waals surface area contributed by atoms with Gasteiger partial charge in [-0.15, -0.1) is 0 Å². The van der Waals surface area contributed by atoms with Gasteiger partial charge in [0.2, 0.25) is 0 Å². The molecule has 1 saturated carbocycles. The zero-order chi connectivity index (χ0) is 24.6. The first kappa shape index (κ1) is 24.3. The van der Waals surface area contributed by atoms with E-state index in [-0.39, 0.29) is 50.1 Å². The molecule has 1 fully saturated rings. The molecule has 2 aromatic heterocycles. The third-order valence-electron chi connectivity index (χ3n) is 6.01. The molecule has 1 aromatic carbocycles. The van der Waals surface area contributed by atoms with E-state index in [0.29, 0.717) is 5.69 Å². The summed E-state index contributed by atoms with van der Waals surface area (Å²) in [6.07, 6.45) is 5.07. The quantitative estimate of drug-likeness (QED) is 0.447. The first-order chi connectivity index (χ1) is 16.2. The van der Waals surface area contributed by atoms with Gasteiger partial charge in [0, 0.05) is 12.6 Å². The Balaban J connectivity index is 1.60. The molecule has 12 heteroatoms. The lowest BCUT2D eigenvalue weighted by atomic mass is 9.96. The third kappa shape index (κ3) is 4.56. The van der Waals surface area contributed by atoms with E-state index in [1.807, 2.05) is 0 Å². The molecule has 0 atom stereocenters. The van der Waals surface area contributed by atoms with Gasteiger partial charge in [0.05, 0.1) is 16.8 Å². The average Bonchev–Trinajstić information content (AvgIpc) is 3.27. The summed E-state index contributed by atoms with van der Waals surface area (Å²) in [5.74, 6) is -0.897. The average molecular weight is 515 g/mol. The van der Waals surface area contributed by atoms with Gasteiger partial charge in [-0.05, 0) is 38.0 Å². The highest BCUT2D eigenvalue weighted by Gasteiger charge is 2.28. The van der Waals surface area contributed by atoms with Gasteiger partial charge in [0.25, 0.3) is 11.5 Å². The number of nitrogens with zero attached hydrogens (tertiary/aromatic N) is 3. The van der Waals surface area contributed by atoms with Crippen molar-refractivity contribution in [1.82, 2.24) is 14.5 Å². The minimum Gasteiger partial charge on any atom is -0.435 e. The van der Waals surface area contributed by atoms with Crippen LogP contribution in [-0.4, -0.2) is 27.0 Å². The van der Waals surface area contributed by atoms with Gasteiger partial charge in [0.1, 0.15) is 16.5 Å². The van der Waals surface area contributed by atoms with Crippen molar-refractivity contribution >= 4 is 34.8 Å². The van der Waals surface area contributed by atoms with E-state index in [1.165, 1.54) is 18.2 Å². The molecule has 0 aliphatic heterocycles. The summed E-state index contributed by atoms with van der Waals surface area (Å²) in [6, 6.07) is 3.87. The minimum absolute atomic E-state index is 0.0115. The van der Waals surface area contributed by atoms with Crippen LogP contribution in [0.3, 0.4) is 0 Å². The molecule has 0 spiro atoms. The van der Waals surface area contributed by atoms with E-state index in [2.05, 4.69) is 15.2 Å². The van der Waals surface area contributed by atoms with Crippen molar-refractivity contribution in [1.29, 1.82) is 0 Å². The zero-order valence-corrected chi connectivity index (χ0v) is 19.9. The van der Waals surface area contributed by atoms with E-state index < -0.39 is 12.5 Å². The number of hydrogen-bond acceptors (Lipinski definition) is 5. The van der Waals surface area contributed by atoms with Gasteiger partial charge in [-0.25, -0.2) is 4.68 Å². The lowest BCUT2D eigenvalue weighted by Gasteiger charge is -2.24. The van der Waals surface area contributed by atoms with Crippen LogP contribution in [0.4, 0.5) is 14.5 Å². The van der Waals surface area contributed by atoms with Gasteiger partial charge < -0.3 is 14.6 Å². The van der Waals surface area contributed by atoms with Crippen molar-refractivity contribution in [2.75, 3.05) is 5.32 Å². The van der Waals surface area contributed by atoms with E-state index in [9.17, 15) is 18.4 Å². The topological polar surface area (TPSA) is 91.3 Å². The lowest BCUT2D eigenvalue weighted by Crippen LogP contribution is -2.29. The second-order valence-corrected chi connectivity index (χ2v) is 8.86. The van der Waals surface area contributed by atoms with Gasteiger partial charge in [-0.2, -0.15) is 8.78 Å². The SMILES string of the molecule is Cc1c(NC(=O)c2noc(-c3ccc(OC(F)F)cc3Cl)c2Cl)c(=O)n(C2CCCCC2)n1C. The number of carbonyl (C=O) groups excluding carboxylic acids is 1.